The van der Waals surface area contributed by atoms with Gasteiger partial charge in [0.25, 0.3) is 0 Å². The second-order valence-corrected chi connectivity index (χ2v) is 4.48. The monoisotopic (exact) mass is 243 g/mol. The van der Waals surface area contributed by atoms with Gasteiger partial charge in [-0.15, -0.1) is 0 Å². The average molecular weight is 243 g/mol. The molecule has 2 rings (SSSR count). The number of hydrogen-bond acceptors (Lipinski definition) is 3. The number of carbonyl (C=O) groups excluding carboxylic acids is 1. The highest BCUT2D eigenvalue weighted by atomic mass is 16.5. The Hall–Kier alpha value is -1.90. The van der Waals surface area contributed by atoms with Crippen molar-refractivity contribution in [3.8, 4) is 5.88 Å². The third-order valence-corrected chi connectivity index (χ3v) is 2.90. The third-order valence-electron chi connectivity index (χ3n) is 2.90. The van der Waals surface area contributed by atoms with E-state index in [1.807, 2.05) is 13.0 Å². The Balaban J connectivity index is 2.22. The van der Waals surface area contributed by atoms with Gasteiger partial charge in [-0.1, -0.05) is 32.0 Å². The lowest BCUT2D eigenvalue weighted by Crippen LogP contribution is -2.09. The Morgan fingerprint density at radius 2 is 2.17 bits per heavy atom. The number of aldehydes is 1. The van der Waals surface area contributed by atoms with Crippen LogP contribution in [0.4, 0.5) is 0 Å². The number of fused-ring (bicyclic) bond motifs is 1. The molecule has 0 saturated carbocycles. The second-order valence-electron chi connectivity index (χ2n) is 4.48. The van der Waals surface area contributed by atoms with Crippen LogP contribution in [0.1, 0.15) is 19.4 Å². The first-order valence-electron chi connectivity index (χ1n) is 6.19. The van der Waals surface area contributed by atoms with E-state index in [1.54, 1.807) is 6.20 Å². The summed E-state index contributed by atoms with van der Waals surface area (Å²) in [6, 6.07) is 8.25. The molecule has 1 aromatic carbocycles. The van der Waals surface area contributed by atoms with Crippen LogP contribution in [0.2, 0.25) is 0 Å². The van der Waals surface area contributed by atoms with Crippen LogP contribution in [-0.4, -0.2) is 17.9 Å². The van der Waals surface area contributed by atoms with E-state index < -0.39 is 0 Å². The summed E-state index contributed by atoms with van der Waals surface area (Å²) in [5.41, 5.74) is 1.29. The zero-order valence-electron chi connectivity index (χ0n) is 10.7. The highest BCUT2D eigenvalue weighted by Crippen LogP contribution is 2.20. The number of aromatic nitrogens is 1. The minimum Gasteiger partial charge on any atom is -0.477 e. The molecule has 0 N–H and O–H groups in total. The van der Waals surface area contributed by atoms with Gasteiger partial charge in [-0.05, 0) is 17.4 Å². The molecule has 1 unspecified atom stereocenters. The van der Waals surface area contributed by atoms with E-state index in [2.05, 4.69) is 30.1 Å². The molecule has 0 aliphatic carbocycles. The molecular formula is C15H17NO2. The predicted molar refractivity (Wildman–Crippen MR) is 71.8 cm³/mol. The van der Waals surface area contributed by atoms with Crippen LogP contribution in [0.25, 0.3) is 10.8 Å². The maximum atomic E-state index is 10.5. The SMILES string of the molecule is CCc1ccc2cnc(OCC(C)C=O)cc2c1. The van der Waals surface area contributed by atoms with Gasteiger partial charge in [0, 0.05) is 23.6 Å². The summed E-state index contributed by atoms with van der Waals surface area (Å²) in [6.07, 6.45) is 3.70. The van der Waals surface area contributed by atoms with Crippen molar-refractivity contribution < 1.29 is 9.53 Å². The molecule has 0 amide bonds. The fraction of sp³-hybridized carbons (Fsp3) is 0.333. The Bertz CT molecular complexity index is 551. The first kappa shape index (κ1) is 12.6. The number of benzene rings is 1. The van der Waals surface area contributed by atoms with Gasteiger partial charge in [-0.2, -0.15) is 0 Å². The molecule has 0 aliphatic rings. The normalized spacial score (nSPS) is 12.3. The van der Waals surface area contributed by atoms with Gasteiger partial charge < -0.3 is 9.53 Å². The van der Waals surface area contributed by atoms with E-state index in [0.29, 0.717) is 12.5 Å². The lowest BCUT2D eigenvalue weighted by atomic mass is 10.1. The van der Waals surface area contributed by atoms with Gasteiger partial charge in [-0.25, -0.2) is 4.98 Å². The van der Waals surface area contributed by atoms with E-state index in [1.165, 1.54) is 5.56 Å². The van der Waals surface area contributed by atoms with Gasteiger partial charge in [0.1, 0.15) is 6.29 Å². The van der Waals surface area contributed by atoms with E-state index >= 15 is 0 Å². The van der Waals surface area contributed by atoms with Crippen molar-refractivity contribution in [2.45, 2.75) is 20.3 Å². The quantitative estimate of drug-likeness (QED) is 0.758. The van der Waals surface area contributed by atoms with Crippen molar-refractivity contribution in [2.24, 2.45) is 5.92 Å². The number of carbonyl (C=O) groups is 1. The molecule has 1 atom stereocenters. The molecule has 2 aromatic rings. The van der Waals surface area contributed by atoms with E-state index in [0.717, 1.165) is 23.5 Å². The smallest absolute Gasteiger partial charge is 0.213 e. The molecule has 3 nitrogen and oxygen atoms in total. The third kappa shape index (κ3) is 2.86. The molecule has 0 spiro atoms. The Kier molecular flexibility index (Phi) is 3.92. The first-order valence-corrected chi connectivity index (χ1v) is 6.19. The Morgan fingerprint density at radius 1 is 1.33 bits per heavy atom. The standard InChI is InChI=1S/C15H17NO2/c1-3-12-4-5-13-8-16-15(7-14(13)6-12)18-10-11(2)9-17/h4-9,11H,3,10H2,1-2H3. The van der Waals surface area contributed by atoms with Crippen LogP contribution in [0.3, 0.4) is 0 Å². The summed E-state index contributed by atoms with van der Waals surface area (Å²) in [5.74, 6) is 0.467. The zero-order valence-corrected chi connectivity index (χ0v) is 10.7. The summed E-state index contributed by atoms with van der Waals surface area (Å²) in [4.78, 5) is 14.8. The van der Waals surface area contributed by atoms with Crippen LogP contribution in [0.15, 0.2) is 30.5 Å². The number of hydrogen-bond donors (Lipinski definition) is 0. The van der Waals surface area contributed by atoms with Crippen molar-refractivity contribution in [1.82, 2.24) is 4.98 Å². The molecule has 0 fully saturated rings. The summed E-state index contributed by atoms with van der Waals surface area (Å²) in [5, 5.41) is 2.22. The summed E-state index contributed by atoms with van der Waals surface area (Å²) < 4.78 is 5.50. The lowest BCUT2D eigenvalue weighted by Gasteiger charge is -2.08. The molecule has 1 aromatic heterocycles. The Morgan fingerprint density at radius 3 is 2.89 bits per heavy atom. The second kappa shape index (κ2) is 5.63. The van der Waals surface area contributed by atoms with E-state index in [9.17, 15) is 4.79 Å². The molecule has 0 radical (unpaired) electrons. The largest absolute Gasteiger partial charge is 0.477 e. The van der Waals surface area contributed by atoms with Crippen LogP contribution >= 0.6 is 0 Å². The van der Waals surface area contributed by atoms with Gasteiger partial charge in [0.05, 0.1) is 6.61 Å². The fourth-order valence-corrected chi connectivity index (χ4v) is 1.73. The summed E-state index contributed by atoms with van der Waals surface area (Å²) in [6.45, 7) is 4.32. The van der Waals surface area contributed by atoms with E-state index in [4.69, 9.17) is 4.74 Å². The number of ether oxygens (including phenoxy) is 1. The van der Waals surface area contributed by atoms with Gasteiger partial charge in [0.15, 0.2) is 0 Å². The zero-order chi connectivity index (χ0) is 13.0. The van der Waals surface area contributed by atoms with Crippen LogP contribution in [0.5, 0.6) is 5.88 Å². The fourth-order valence-electron chi connectivity index (χ4n) is 1.73. The molecule has 3 heteroatoms. The average Bonchev–Trinajstić information content (AvgIpc) is 2.43. The summed E-state index contributed by atoms with van der Waals surface area (Å²) >= 11 is 0. The minimum atomic E-state index is -0.107. The van der Waals surface area contributed by atoms with Crippen molar-refractivity contribution in [3.63, 3.8) is 0 Å². The molecule has 18 heavy (non-hydrogen) atoms. The minimum absolute atomic E-state index is 0.107. The van der Waals surface area contributed by atoms with Gasteiger partial charge >= 0.3 is 0 Å². The number of aryl methyl sites for hydroxylation is 1. The summed E-state index contributed by atoms with van der Waals surface area (Å²) in [7, 11) is 0. The molecule has 0 saturated heterocycles. The number of rotatable bonds is 5. The van der Waals surface area contributed by atoms with Gasteiger partial charge in [-0.3, -0.25) is 0 Å². The lowest BCUT2D eigenvalue weighted by molar-refractivity contribution is -0.111. The number of pyridine rings is 1. The molecule has 0 aliphatic heterocycles. The highest BCUT2D eigenvalue weighted by Gasteiger charge is 2.03. The first-order chi connectivity index (χ1) is 8.72. The molecule has 94 valence electrons. The van der Waals surface area contributed by atoms with Crippen molar-refractivity contribution in [2.75, 3.05) is 6.61 Å². The maximum absolute atomic E-state index is 10.5. The highest BCUT2D eigenvalue weighted by molar-refractivity contribution is 5.83. The van der Waals surface area contributed by atoms with Crippen LogP contribution in [0, 0.1) is 5.92 Å². The molecule has 1 heterocycles. The maximum Gasteiger partial charge on any atom is 0.213 e. The number of nitrogens with zero attached hydrogens (tertiary/aromatic N) is 1. The van der Waals surface area contributed by atoms with Crippen LogP contribution in [-0.2, 0) is 11.2 Å². The topological polar surface area (TPSA) is 39.2 Å². The Labute approximate surface area is 107 Å². The van der Waals surface area contributed by atoms with E-state index in [-0.39, 0.29) is 5.92 Å². The molecule has 0 bridgehead atoms. The predicted octanol–water partition coefficient (Wildman–Crippen LogP) is 3.01. The van der Waals surface area contributed by atoms with Gasteiger partial charge in [0.2, 0.25) is 5.88 Å². The molecular weight excluding hydrogens is 226 g/mol. The van der Waals surface area contributed by atoms with Crippen molar-refractivity contribution in [1.29, 1.82) is 0 Å². The van der Waals surface area contributed by atoms with Crippen molar-refractivity contribution in [3.05, 3.63) is 36.0 Å². The van der Waals surface area contributed by atoms with Crippen molar-refractivity contribution >= 4 is 17.1 Å². The van der Waals surface area contributed by atoms with Crippen LogP contribution < -0.4 is 4.74 Å².